The van der Waals surface area contributed by atoms with Gasteiger partial charge in [-0.1, -0.05) is 0 Å². The van der Waals surface area contributed by atoms with Crippen molar-refractivity contribution in [2.45, 2.75) is 0 Å². The van der Waals surface area contributed by atoms with E-state index in [0.29, 0.717) is 0 Å². The van der Waals surface area contributed by atoms with Crippen LogP contribution in [0.2, 0.25) is 0 Å². The Balaban J connectivity index is 2.67. The van der Waals surface area contributed by atoms with Gasteiger partial charge in [-0.15, -0.1) is 0 Å². The van der Waals surface area contributed by atoms with Gasteiger partial charge in [-0.05, 0) is 6.07 Å². The first-order valence-electron chi connectivity index (χ1n) is 5.18. The van der Waals surface area contributed by atoms with E-state index in [-0.39, 0.29) is 17.0 Å². The van der Waals surface area contributed by atoms with E-state index in [1.807, 2.05) is 0 Å². The highest BCUT2D eigenvalue weighted by Gasteiger charge is 2.24. The zero-order valence-corrected chi connectivity index (χ0v) is 10.1. The predicted molar refractivity (Wildman–Crippen MR) is 63.5 cm³/mol. The number of benzene rings is 1. The smallest absolute Gasteiger partial charge is 0.314 e. The number of primary amides is 1. The number of rotatable bonds is 4. The number of carbonyl (C=O) groups excluding carboxylic acids is 1. The summed E-state index contributed by atoms with van der Waals surface area (Å²) in [5, 5.41) is 20.2. The molecule has 0 fully saturated rings. The van der Waals surface area contributed by atoms with Gasteiger partial charge in [0.1, 0.15) is 5.69 Å². The van der Waals surface area contributed by atoms with Crippen LogP contribution in [0.1, 0.15) is 10.5 Å². The van der Waals surface area contributed by atoms with Crippen LogP contribution in [0.5, 0.6) is 5.75 Å². The Bertz CT molecular complexity index is 699. The predicted octanol–water partition coefficient (Wildman–Crippen LogP) is 0.626. The van der Waals surface area contributed by atoms with Crippen molar-refractivity contribution in [3.8, 4) is 17.0 Å². The van der Waals surface area contributed by atoms with Gasteiger partial charge < -0.3 is 10.5 Å². The molecule has 2 rings (SSSR count). The van der Waals surface area contributed by atoms with Crippen LogP contribution in [0.4, 0.5) is 10.1 Å². The maximum atomic E-state index is 13.8. The van der Waals surface area contributed by atoms with Crippen molar-refractivity contribution in [2.75, 3.05) is 7.11 Å². The molecule has 0 unspecified atom stereocenters. The fourth-order valence-electron chi connectivity index (χ4n) is 1.66. The number of carbonyl (C=O) groups is 1. The summed E-state index contributed by atoms with van der Waals surface area (Å²) in [5.41, 5.74) is 4.13. The molecule has 0 aliphatic rings. The second kappa shape index (κ2) is 4.91. The zero-order valence-electron chi connectivity index (χ0n) is 10.1. The van der Waals surface area contributed by atoms with Crippen LogP contribution in [0.15, 0.2) is 12.1 Å². The van der Waals surface area contributed by atoms with Gasteiger partial charge in [-0.3, -0.25) is 14.9 Å². The molecule has 20 heavy (non-hydrogen) atoms. The number of amides is 1. The number of halogens is 1. The largest absolute Gasteiger partial charge is 0.488 e. The first-order valence-corrected chi connectivity index (χ1v) is 5.18. The van der Waals surface area contributed by atoms with E-state index in [9.17, 15) is 19.3 Å². The van der Waals surface area contributed by atoms with E-state index < -0.39 is 28.1 Å². The van der Waals surface area contributed by atoms with Gasteiger partial charge in [-0.2, -0.15) is 15.4 Å². The van der Waals surface area contributed by atoms with Crippen LogP contribution in [-0.2, 0) is 0 Å². The molecule has 1 heterocycles. The quantitative estimate of drug-likeness (QED) is 0.622. The SMILES string of the molecule is COc1c(F)cc(-c2n[nH]nc2C(N)=O)cc1[N+](=O)[O-]. The number of methoxy groups -OCH3 is 1. The van der Waals surface area contributed by atoms with Gasteiger partial charge in [0.25, 0.3) is 5.91 Å². The second-order valence-corrected chi connectivity index (χ2v) is 3.65. The number of nitro groups is 1. The molecule has 0 spiro atoms. The average Bonchev–Trinajstić information content (AvgIpc) is 2.86. The first-order chi connectivity index (χ1) is 9.45. The molecule has 0 saturated heterocycles. The highest BCUT2D eigenvalue weighted by atomic mass is 19.1. The molecule has 0 radical (unpaired) electrons. The van der Waals surface area contributed by atoms with E-state index in [0.717, 1.165) is 19.2 Å². The average molecular weight is 281 g/mol. The fraction of sp³-hybridized carbons (Fsp3) is 0.100. The highest BCUT2D eigenvalue weighted by Crippen LogP contribution is 2.34. The lowest BCUT2D eigenvalue weighted by atomic mass is 10.1. The molecule has 9 nitrogen and oxygen atoms in total. The van der Waals surface area contributed by atoms with Crippen LogP contribution in [-0.4, -0.2) is 33.4 Å². The second-order valence-electron chi connectivity index (χ2n) is 3.65. The maximum absolute atomic E-state index is 13.8. The Morgan fingerprint density at radius 2 is 2.20 bits per heavy atom. The maximum Gasteiger partial charge on any atom is 0.314 e. The molecule has 10 heteroatoms. The van der Waals surface area contributed by atoms with Crippen molar-refractivity contribution in [3.05, 3.63) is 33.8 Å². The van der Waals surface area contributed by atoms with Crippen LogP contribution >= 0.6 is 0 Å². The molecule has 0 aliphatic heterocycles. The normalized spacial score (nSPS) is 10.3. The molecular formula is C10H8FN5O4. The Morgan fingerprint density at radius 3 is 2.75 bits per heavy atom. The minimum absolute atomic E-state index is 0.0162. The van der Waals surface area contributed by atoms with Crippen LogP contribution < -0.4 is 10.5 Å². The Morgan fingerprint density at radius 1 is 1.50 bits per heavy atom. The van der Waals surface area contributed by atoms with E-state index in [1.165, 1.54) is 0 Å². The van der Waals surface area contributed by atoms with Crippen molar-refractivity contribution >= 4 is 11.6 Å². The number of nitrogens with zero attached hydrogens (tertiary/aromatic N) is 3. The third kappa shape index (κ3) is 2.13. The van der Waals surface area contributed by atoms with Gasteiger partial charge in [0, 0.05) is 11.6 Å². The molecule has 0 aliphatic carbocycles. The molecule has 104 valence electrons. The third-order valence-corrected chi connectivity index (χ3v) is 2.48. The number of aromatic nitrogens is 3. The summed E-state index contributed by atoms with van der Waals surface area (Å²) >= 11 is 0. The summed E-state index contributed by atoms with van der Waals surface area (Å²) in [5.74, 6) is -2.37. The van der Waals surface area contributed by atoms with E-state index in [2.05, 4.69) is 20.1 Å². The summed E-state index contributed by atoms with van der Waals surface area (Å²) in [7, 11) is 1.11. The number of H-pyrrole nitrogens is 1. The lowest BCUT2D eigenvalue weighted by Gasteiger charge is -2.05. The van der Waals surface area contributed by atoms with E-state index in [1.54, 1.807) is 0 Å². The van der Waals surface area contributed by atoms with Crippen LogP contribution in [0.25, 0.3) is 11.3 Å². The zero-order chi connectivity index (χ0) is 14.9. The Hall–Kier alpha value is -3.04. The monoisotopic (exact) mass is 281 g/mol. The van der Waals surface area contributed by atoms with Gasteiger partial charge in [0.05, 0.1) is 12.0 Å². The number of aromatic amines is 1. The number of nitrogens with one attached hydrogen (secondary N) is 1. The molecule has 0 saturated carbocycles. The van der Waals surface area contributed by atoms with Crippen molar-refractivity contribution in [1.82, 2.24) is 15.4 Å². The summed E-state index contributed by atoms with van der Waals surface area (Å²) in [6, 6.07) is 1.96. The van der Waals surface area contributed by atoms with Crippen molar-refractivity contribution < 1.29 is 18.8 Å². The molecule has 1 aromatic heterocycles. The first kappa shape index (κ1) is 13.4. The standard InChI is InChI=1S/C10H8FN5O4/c1-20-9-5(11)2-4(3-6(9)16(18)19)7-8(10(12)17)14-15-13-7/h2-3H,1H3,(H2,12,17)(H,13,14,15). The van der Waals surface area contributed by atoms with Gasteiger partial charge in [0.15, 0.2) is 11.5 Å². The molecule has 1 aromatic carbocycles. The highest BCUT2D eigenvalue weighted by molar-refractivity contribution is 5.96. The van der Waals surface area contributed by atoms with Crippen molar-refractivity contribution in [1.29, 1.82) is 0 Å². The molecular weight excluding hydrogens is 273 g/mol. The van der Waals surface area contributed by atoms with E-state index in [4.69, 9.17) is 5.73 Å². The van der Waals surface area contributed by atoms with Crippen molar-refractivity contribution in [3.63, 3.8) is 0 Å². The summed E-state index contributed by atoms with van der Waals surface area (Å²) < 4.78 is 18.4. The number of nitro benzene ring substituents is 1. The fourth-order valence-corrected chi connectivity index (χ4v) is 1.66. The minimum atomic E-state index is -0.963. The molecule has 0 atom stereocenters. The molecule has 1 amide bonds. The number of hydrogen-bond donors (Lipinski definition) is 2. The summed E-state index contributed by atoms with van der Waals surface area (Å²) in [4.78, 5) is 21.2. The van der Waals surface area contributed by atoms with Gasteiger partial charge >= 0.3 is 5.69 Å². The number of hydrogen-bond acceptors (Lipinski definition) is 6. The molecule has 3 N–H and O–H groups in total. The minimum Gasteiger partial charge on any atom is -0.488 e. The van der Waals surface area contributed by atoms with Crippen molar-refractivity contribution in [2.24, 2.45) is 5.73 Å². The Labute approximate surface area is 110 Å². The summed E-state index contributed by atoms with van der Waals surface area (Å²) in [6.07, 6.45) is 0. The third-order valence-electron chi connectivity index (χ3n) is 2.48. The summed E-state index contributed by atoms with van der Waals surface area (Å²) in [6.45, 7) is 0. The topological polar surface area (TPSA) is 137 Å². The van der Waals surface area contributed by atoms with E-state index >= 15 is 0 Å². The lowest BCUT2D eigenvalue weighted by molar-refractivity contribution is -0.385. The number of nitrogens with two attached hydrogens (primary N) is 1. The van der Waals surface area contributed by atoms with Crippen LogP contribution in [0.3, 0.4) is 0 Å². The molecule has 0 bridgehead atoms. The van der Waals surface area contributed by atoms with Gasteiger partial charge in [0.2, 0.25) is 5.75 Å². The molecule has 2 aromatic rings. The number of ether oxygens (including phenoxy) is 1. The van der Waals surface area contributed by atoms with Crippen LogP contribution in [0, 0.1) is 15.9 Å². The lowest BCUT2D eigenvalue weighted by Crippen LogP contribution is -2.12. The Kier molecular flexibility index (Phi) is 3.29. The van der Waals surface area contributed by atoms with Gasteiger partial charge in [-0.25, -0.2) is 4.39 Å².